The summed E-state index contributed by atoms with van der Waals surface area (Å²) in [5.74, 6) is 5.13. The summed E-state index contributed by atoms with van der Waals surface area (Å²) in [4.78, 5) is 17.6. The van der Waals surface area contributed by atoms with Gasteiger partial charge in [-0.1, -0.05) is 65.5 Å². The van der Waals surface area contributed by atoms with Crippen LogP contribution in [0.3, 0.4) is 0 Å². The molecule has 0 aliphatic heterocycles. The van der Waals surface area contributed by atoms with Gasteiger partial charge in [0.2, 0.25) is 0 Å². The van der Waals surface area contributed by atoms with Crippen LogP contribution in [-0.2, 0) is 20.4 Å². The Morgan fingerprint density at radius 2 is 0.769 bits per heavy atom. The molecule has 2 heteroatoms. The zero-order valence-electron chi connectivity index (χ0n) is 50.9. The highest BCUT2D eigenvalue weighted by Crippen LogP contribution is 2.96. The van der Waals surface area contributed by atoms with Crippen molar-refractivity contribution < 1.29 is 9.53 Å². The number of benzene rings is 16. The third kappa shape index (κ3) is 2.57. The van der Waals surface area contributed by atoms with Crippen molar-refractivity contribution in [3.05, 3.63) is 45.0 Å². The Balaban J connectivity index is 0.684. The van der Waals surface area contributed by atoms with E-state index in [1.54, 1.807) is 308 Å². The summed E-state index contributed by atoms with van der Waals surface area (Å²) in [6, 6.07) is 0. The number of ether oxygens (including phenoxy) is 1. The number of carbonyl (C=O) groups excluding carboxylic acids is 1. The fourth-order valence-electron chi connectivity index (χ4n) is 34.5. The number of allylic oxidation sites excluding steroid dienone is 1. The first-order valence-electron chi connectivity index (χ1n) is 36.6. The number of fused-ring (bicyclic) bond motifs is 5. The van der Waals surface area contributed by atoms with Gasteiger partial charge in [-0.05, 0) is 394 Å². The number of carbonyl (C=O) groups is 1. The van der Waals surface area contributed by atoms with Crippen LogP contribution in [-0.4, -0.2) is 12.1 Å². The first-order valence-corrected chi connectivity index (χ1v) is 36.6. The van der Waals surface area contributed by atoms with Gasteiger partial charge in [0.1, 0.15) is 6.10 Å². The van der Waals surface area contributed by atoms with Gasteiger partial charge in [-0.2, -0.15) is 0 Å². The third-order valence-corrected chi connectivity index (χ3v) is 35.6. The molecule has 0 amide bonds. The lowest BCUT2D eigenvalue weighted by Crippen LogP contribution is -2.51. The van der Waals surface area contributed by atoms with E-state index < -0.39 is 10.8 Å². The number of rotatable bonds is 7. The molecule has 4 saturated carbocycles. The van der Waals surface area contributed by atoms with Crippen molar-refractivity contribution in [1.29, 1.82) is 0 Å². The summed E-state index contributed by atoms with van der Waals surface area (Å²) in [5.41, 5.74) is 11.6. The van der Waals surface area contributed by atoms with Gasteiger partial charge < -0.3 is 4.74 Å². The average Bonchev–Trinajstić information content (AvgIpc) is 1.37. The standard InChI is InChI=1S/C89H48O2/c1-18(2)7-6-8-19(3)23-11-12-24-22-10-9-20-17-21(13-15-86(20,4)25(22)14-16-87(23,24)5)91-85(90)84-88-80-72-64-54-44-36-28-26-27-30-34-32(28)40-48-42(34)52-46-38(30)39-31(27)35-33-29(26)37(36)45-51-41(33)49-43(35)53-47(39)57-56(46)66-60(52)70-62(48)68(58(64)50(40)44)76(80)78(70)82-74(66)75-67(57)61(53)71-63(49)69-59(51)65(55(45)54)73(72)81(88)77(69)79(71)83(75)89(82,84)88/h9,18-19,21-25,80,83-84H,6-8,10-17H2,1-5H3/t19-,21+,22+,23-,24+,25+,80?,83?,84?,86+,87-,88?,89?/m1/s1. The second kappa shape index (κ2) is 9.89. The Hall–Kier alpha value is -8.07. The van der Waals surface area contributed by atoms with E-state index >= 15 is 4.79 Å². The monoisotopic (exact) mass is 1150 g/mol. The molecule has 37 rings (SSSR count). The maximum absolute atomic E-state index is 17.6. The van der Waals surface area contributed by atoms with Crippen LogP contribution in [0.2, 0.25) is 0 Å². The molecule has 12 atom stereocenters. The van der Waals surface area contributed by atoms with Crippen LogP contribution in [0.15, 0.2) is 11.6 Å². The molecule has 0 aromatic heterocycles. The van der Waals surface area contributed by atoms with Gasteiger partial charge in [-0.15, -0.1) is 0 Å². The largest absolute Gasteiger partial charge is 0.462 e. The summed E-state index contributed by atoms with van der Waals surface area (Å²) in [6.45, 7) is 12.9. The van der Waals surface area contributed by atoms with Gasteiger partial charge in [0.25, 0.3) is 0 Å². The van der Waals surface area contributed by atoms with Crippen LogP contribution in [0.4, 0.5) is 0 Å². The molecular formula is C89H48O2. The van der Waals surface area contributed by atoms with Gasteiger partial charge in [0.05, 0.1) is 5.92 Å². The van der Waals surface area contributed by atoms with Crippen LogP contribution in [0.5, 0.6) is 0 Å². The predicted molar refractivity (Wildman–Crippen MR) is 377 cm³/mol. The minimum Gasteiger partial charge on any atom is -0.462 e. The van der Waals surface area contributed by atoms with Gasteiger partial charge in [0.15, 0.2) is 0 Å². The maximum Gasteiger partial charge on any atom is 0.311 e. The Labute approximate surface area is 513 Å². The maximum atomic E-state index is 17.6. The van der Waals surface area contributed by atoms with Gasteiger partial charge in [-0.25, -0.2) is 0 Å². The molecule has 2 nitrogen and oxygen atoms in total. The number of esters is 1. The van der Waals surface area contributed by atoms with Crippen LogP contribution in [0, 0.1) is 52.3 Å². The summed E-state index contributed by atoms with van der Waals surface area (Å²) >= 11 is 0. The Bertz CT molecular complexity index is 7740. The van der Waals surface area contributed by atoms with E-state index in [4.69, 9.17) is 4.74 Å². The predicted octanol–water partition coefficient (Wildman–Crippen LogP) is 23.5. The molecule has 91 heavy (non-hydrogen) atoms. The molecule has 26 aromatic rings. The summed E-state index contributed by atoms with van der Waals surface area (Å²) in [7, 11) is 0. The van der Waals surface area contributed by atoms with E-state index in [0.717, 1.165) is 54.8 Å². The van der Waals surface area contributed by atoms with Crippen LogP contribution < -0.4 is 0 Å². The molecule has 2 spiro atoms. The number of hydrogen-bond acceptors (Lipinski definition) is 2. The molecule has 11 aliphatic carbocycles. The van der Waals surface area contributed by atoms with Crippen molar-refractivity contribution in [2.45, 2.75) is 134 Å². The lowest BCUT2D eigenvalue weighted by atomic mass is 9.47. The molecule has 0 saturated heterocycles. The zero-order valence-corrected chi connectivity index (χ0v) is 50.9. The Morgan fingerprint density at radius 3 is 1.14 bits per heavy atom. The smallest absolute Gasteiger partial charge is 0.311 e. The van der Waals surface area contributed by atoms with Crippen LogP contribution >= 0.6 is 0 Å². The lowest BCUT2D eigenvalue weighted by Gasteiger charge is -2.58. The second-order valence-corrected chi connectivity index (χ2v) is 36.8. The van der Waals surface area contributed by atoms with Crippen molar-refractivity contribution in [3.63, 3.8) is 0 Å². The van der Waals surface area contributed by atoms with Crippen LogP contribution in [0.25, 0.3) is 269 Å². The highest BCUT2D eigenvalue weighted by molar-refractivity contribution is 6.80. The highest BCUT2D eigenvalue weighted by atomic mass is 16.5. The van der Waals surface area contributed by atoms with Crippen molar-refractivity contribution in [3.8, 4) is 0 Å². The van der Waals surface area contributed by atoms with Gasteiger partial charge in [0, 0.05) is 29.1 Å². The average molecular weight is 1150 g/mol. The molecule has 0 bridgehead atoms. The van der Waals surface area contributed by atoms with E-state index in [2.05, 4.69) is 40.7 Å². The molecule has 4 fully saturated rings. The first-order chi connectivity index (χ1) is 44.7. The fraction of sp³-hybridized carbons (Fsp3) is 0.337. The van der Waals surface area contributed by atoms with Gasteiger partial charge in [-0.3, -0.25) is 4.79 Å². The van der Waals surface area contributed by atoms with Crippen molar-refractivity contribution in [2.75, 3.05) is 0 Å². The van der Waals surface area contributed by atoms with E-state index in [1.807, 2.05) is 0 Å². The minimum absolute atomic E-state index is 0.0697. The van der Waals surface area contributed by atoms with E-state index in [0.29, 0.717) is 5.41 Å². The molecule has 0 heterocycles. The second-order valence-electron chi connectivity index (χ2n) is 36.8. The van der Waals surface area contributed by atoms with E-state index in [9.17, 15) is 0 Å². The molecule has 11 aliphatic rings. The van der Waals surface area contributed by atoms with Crippen molar-refractivity contribution in [2.24, 2.45) is 52.3 Å². The van der Waals surface area contributed by atoms with Crippen molar-refractivity contribution >= 4 is 275 Å². The minimum atomic E-state index is -0.412. The molecule has 0 N–H and O–H groups in total. The van der Waals surface area contributed by atoms with E-state index in [1.165, 1.54) is 51.4 Å². The SMILES string of the molecule is CC(C)CCC[C@@H](C)[C@H]1CC[C@H]2[C@@H]3CC=C4C[C@@H](OC(=O)C5C67c8c9c%10c%11c%12c%13c%14c%15c(c%16c%17c%18c%19c%20c(c8c8c%21c9c%11c9c%11c%12c%12c%13c%13c%15c%15c%16c%18c%16c%18c%19c%19c%20c8c8c%21c9c9c%11c%11c%12c%12c%13c%15c%16c%13c%18c%15c%19c8c9c%15c%11c%12%13)C%176)C57C%10%14)CC[C@]4(C)[C@H]3CC[C@]12C. The fourth-order valence-corrected chi connectivity index (χ4v) is 34.5. The number of hydrogen-bond donors (Lipinski definition) is 0. The molecule has 416 valence electrons. The van der Waals surface area contributed by atoms with Crippen LogP contribution in [0.1, 0.15) is 150 Å². The Kier molecular flexibility index (Phi) is 4.35. The third-order valence-electron chi connectivity index (χ3n) is 35.6. The quantitative estimate of drug-likeness (QED) is 0.0903. The zero-order chi connectivity index (χ0) is 56.5. The van der Waals surface area contributed by atoms with E-state index in [-0.39, 0.29) is 35.2 Å². The highest BCUT2D eigenvalue weighted by Gasteiger charge is 2.93. The molecule has 26 aromatic carbocycles. The molecule has 4 unspecified atom stereocenters. The molecule has 0 radical (unpaired) electrons. The van der Waals surface area contributed by atoms with Gasteiger partial charge >= 0.3 is 5.97 Å². The molecular weight excluding hydrogens is 1100 g/mol. The summed E-state index contributed by atoms with van der Waals surface area (Å²) < 4.78 is 7.80. The topological polar surface area (TPSA) is 26.3 Å². The summed E-state index contributed by atoms with van der Waals surface area (Å²) in [6.07, 6.45) is 16.9. The van der Waals surface area contributed by atoms with Crippen molar-refractivity contribution in [1.82, 2.24) is 0 Å². The lowest BCUT2D eigenvalue weighted by molar-refractivity contribution is -0.154. The normalized spacial score (nSPS) is 33.5. The summed E-state index contributed by atoms with van der Waals surface area (Å²) in [5, 5.41) is 82.1. The first kappa shape index (κ1) is 40.0. The Morgan fingerprint density at radius 1 is 0.418 bits per heavy atom.